The molecule has 0 aliphatic heterocycles. The molecule has 0 amide bonds. The molecule has 0 saturated heterocycles. The van der Waals surface area contributed by atoms with Gasteiger partial charge in [0.2, 0.25) is 0 Å². The van der Waals surface area contributed by atoms with Crippen molar-refractivity contribution in [2.24, 2.45) is 0 Å². The van der Waals surface area contributed by atoms with Crippen molar-refractivity contribution in [3.8, 4) is 0 Å². The maximum absolute atomic E-state index is 4.86. The van der Waals surface area contributed by atoms with Gasteiger partial charge in [0, 0.05) is 47.6 Å². The molecule has 9 rings (SSSR count). The van der Waals surface area contributed by atoms with Gasteiger partial charge >= 0.3 is 0 Å². The van der Waals surface area contributed by atoms with Crippen LogP contribution < -0.4 is 0 Å². The van der Waals surface area contributed by atoms with Gasteiger partial charge in [0.15, 0.2) is 0 Å². The first-order chi connectivity index (χ1) is 23.9. The van der Waals surface area contributed by atoms with Crippen LogP contribution >= 0.6 is 0 Å². The molecule has 0 fully saturated rings. The number of rotatable bonds is 0. The summed E-state index contributed by atoms with van der Waals surface area (Å²) in [5, 5.41) is 8.11. The van der Waals surface area contributed by atoms with Gasteiger partial charge in [-0.25, -0.2) is 19.9 Å². The first-order valence-corrected chi connectivity index (χ1v) is 18.0. The largest absolute Gasteiger partial charge is 0.238 e. The number of benzene rings is 5. The van der Waals surface area contributed by atoms with E-state index in [9.17, 15) is 0 Å². The van der Waals surface area contributed by atoms with Gasteiger partial charge < -0.3 is 0 Å². The monoisotopic (exact) mass is 654 g/mol. The molecular formula is C46H46N4. The zero-order valence-electron chi connectivity index (χ0n) is 30.7. The molecule has 2 aliphatic carbocycles. The molecule has 50 heavy (non-hydrogen) atoms. The molecule has 250 valence electrons. The van der Waals surface area contributed by atoms with E-state index in [1.807, 2.05) is 13.8 Å². The Kier molecular flexibility index (Phi) is 7.63. The fourth-order valence-electron chi connectivity index (χ4n) is 8.36. The molecular weight excluding hydrogens is 609 g/mol. The van der Waals surface area contributed by atoms with E-state index in [4.69, 9.17) is 19.9 Å². The lowest BCUT2D eigenvalue weighted by molar-refractivity contribution is 0.552. The third-order valence-electron chi connectivity index (χ3n) is 10.5. The summed E-state index contributed by atoms with van der Waals surface area (Å²) in [6.45, 7) is 17.5. The summed E-state index contributed by atoms with van der Waals surface area (Å²) in [7, 11) is 0. The number of nitrogens with zero attached hydrogens (tertiary/aromatic N) is 4. The van der Waals surface area contributed by atoms with E-state index in [0.29, 0.717) is 0 Å². The van der Waals surface area contributed by atoms with Crippen LogP contribution in [0.15, 0.2) is 84.9 Å². The quantitative estimate of drug-likeness (QED) is 0.153. The highest BCUT2D eigenvalue weighted by molar-refractivity contribution is 6.11. The maximum atomic E-state index is 4.86. The van der Waals surface area contributed by atoms with Crippen LogP contribution in [0.2, 0.25) is 0 Å². The van der Waals surface area contributed by atoms with E-state index in [1.165, 1.54) is 88.5 Å². The molecule has 0 N–H and O–H groups in total. The molecule has 0 unspecified atom stereocenters. The Labute approximate surface area is 296 Å². The van der Waals surface area contributed by atoms with Crippen molar-refractivity contribution in [2.45, 2.75) is 91.9 Å². The predicted molar refractivity (Wildman–Crippen MR) is 208 cm³/mol. The number of hydrogen-bond acceptors (Lipinski definition) is 4. The van der Waals surface area contributed by atoms with Crippen LogP contribution in [-0.2, 0) is 36.5 Å². The van der Waals surface area contributed by atoms with Crippen molar-refractivity contribution in [3.05, 3.63) is 153 Å². The second-order valence-corrected chi connectivity index (χ2v) is 16.3. The summed E-state index contributed by atoms with van der Waals surface area (Å²) >= 11 is 0. The summed E-state index contributed by atoms with van der Waals surface area (Å²) in [4.78, 5) is 19.3. The molecule has 0 spiro atoms. The van der Waals surface area contributed by atoms with Crippen molar-refractivity contribution in [2.75, 3.05) is 0 Å². The average Bonchev–Trinajstić information content (AvgIpc) is 3.09. The molecule has 2 aromatic heterocycles. The van der Waals surface area contributed by atoms with Crippen LogP contribution in [0.25, 0.3) is 32.3 Å². The average molecular weight is 655 g/mol. The first kappa shape index (κ1) is 32.3. The Bertz CT molecular complexity index is 2480. The van der Waals surface area contributed by atoms with Gasteiger partial charge in [-0.3, -0.25) is 0 Å². The highest BCUT2D eigenvalue weighted by Crippen LogP contribution is 2.41. The molecule has 7 aromatic rings. The Morgan fingerprint density at radius 1 is 0.400 bits per heavy atom. The third-order valence-corrected chi connectivity index (χ3v) is 10.5. The molecule has 0 atom stereocenters. The number of aromatic nitrogens is 4. The van der Waals surface area contributed by atoms with Crippen LogP contribution in [0.5, 0.6) is 0 Å². The van der Waals surface area contributed by atoms with E-state index in [1.54, 1.807) is 0 Å². The normalized spacial score (nSPS) is 13.7. The second kappa shape index (κ2) is 11.8. The molecule has 4 heteroatoms. The first-order valence-electron chi connectivity index (χ1n) is 18.0. The van der Waals surface area contributed by atoms with Crippen LogP contribution in [0.3, 0.4) is 0 Å². The highest BCUT2D eigenvalue weighted by Gasteiger charge is 2.30. The van der Waals surface area contributed by atoms with Gasteiger partial charge in [0.1, 0.15) is 11.6 Å². The van der Waals surface area contributed by atoms with Crippen molar-refractivity contribution in [3.63, 3.8) is 0 Å². The van der Waals surface area contributed by atoms with Crippen molar-refractivity contribution >= 4 is 32.3 Å². The van der Waals surface area contributed by atoms with Gasteiger partial charge in [-0.1, -0.05) is 126 Å². The number of hydrogen-bond donors (Lipinski definition) is 0. The van der Waals surface area contributed by atoms with Gasteiger partial charge in [0.25, 0.3) is 0 Å². The Hall–Kier alpha value is -4.96. The van der Waals surface area contributed by atoms with E-state index in [-0.39, 0.29) is 10.8 Å². The molecule has 2 aliphatic rings. The summed E-state index contributed by atoms with van der Waals surface area (Å²) < 4.78 is 0. The standard InChI is InChI=1S/C25H24N2.C21H22N2/c1-15-26-23-14-21-19-12-8-6-10-17(19)16-9-5-7-11-18(16)20(21)13-22(23)24(27-15)25(2,3)4;1-13-22-19-12-17-15(10-9-14-7-5-6-8-16(14)17)11-18(19)20(23-13)21(2,3)4/h5-12H,13-14H2,1-4H3;5-10H,11-12H2,1-4H3. The van der Waals surface area contributed by atoms with Crippen LogP contribution in [0.1, 0.15) is 109 Å². The molecule has 4 nitrogen and oxygen atoms in total. The van der Waals surface area contributed by atoms with Crippen molar-refractivity contribution < 1.29 is 0 Å². The Morgan fingerprint density at radius 3 is 1.38 bits per heavy atom. The topological polar surface area (TPSA) is 51.6 Å². The van der Waals surface area contributed by atoms with Crippen LogP contribution in [0, 0.1) is 13.8 Å². The minimum atomic E-state index is 0.0158. The maximum Gasteiger partial charge on any atom is 0.125 e. The number of fused-ring (bicyclic) bond motifs is 11. The molecule has 0 saturated carbocycles. The highest BCUT2D eigenvalue weighted by atomic mass is 14.9. The lowest BCUT2D eigenvalue weighted by Gasteiger charge is -2.29. The lowest BCUT2D eigenvalue weighted by Crippen LogP contribution is -2.23. The molecule has 2 heterocycles. The smallest absolute Gasteiger partial charge is 0.125 e. The zero-order valence-corrected chi connectivity index (χ0v) is 30.7. The second-order valence-electron chi connectivity index (χ2n) is 16.3. The minimum absolute atomic E-state index is 0.0158. The molecule has 0 radical (unpaired) electrons. The van der Waals surface area contributed by atoms with Gasteiger partial charge in [-0.2, -0.15) is 0 Å². The fourth-order valence-corrected chi connectivity index (χ4v) is 8.36. The Balaban J connectivity index is 0.000000146. The van der Waals surface area contributed by atoms with Crippen LogP contribution in [0.4, 0.5) is 0 Å². The third kappa shape index (κ3) is 5.55. The van der Waals surface area contributed by atoms with E-state index >= 15 is 0 Å². The minimum Gasteiger partial charge on any atom is -0.238 e. The SMILES string of the molecule is Cc1nc2c(c(C(C)(C)C)n1)Cc1c(c3ccccc3c3ccccc13)C2.Cc1nc2c(c(C(C)(C)C)n1)Cc1ccc3ccccc3c1C2. The lowest BCUT2D eigenvalue weighted by atomic mass is 9.78. The zero-order chi connectivity index (χ0) is 34.9. The summed E-state index contributed by atoms with van der Waals surface area (Å²) in [6, 6.07) is 30.8. The van der Waals surface area contributed by atoms with Crippen molar-refractivity contribution in [1.29, 1.82) is 0 Å². The van der Waals surface area contributed by atoms with Gasteiger partial charge in [-0.05, 0) is 68.4 Å². The summed E-state index contributed by atoms with van der Waals surface area (Å²) in [6.07, 6.45) is 3.67. The van der Waals surface area contributed by atoms with Crippen LogP contribution in [-0.4, -0.2) is 19.9 Å². The summed E-state index contributed by atoms with van der Waals surface area (Å²) in [5.41, 5.74) is 13.3. The Morgan fingerprint density at radius 2 is 0.840 bits per heavy atom. The van der Waals surface area contributed by atoms with E-state index < -0.39 is 0 Å². The van der Waals surface area contributed by atoms with Gasteiger partial charge in [-0.15, -0.1) is 0 Å². The van der Waals surface area contributed by atoms with E-state index in [2.05, 4.69) is 126 Å². The fraction of sp³-hybridized carbons (Fsp3) is 0.304. The summed E-state index contributed by atoms with van der Waals surface area (Å²) in [5.74, 6) is 1.77. The predicted octanol–water partition coefficient (Wildman–Crippen LogP) is 10.6. The molecule has 0 bridgehead atoms. The molecule has 5 aromatic carbocycles. The number of aryl methyl sites for hydroxylation is 2. The van der Waals surface area contributed by atoms with Crippen molar-refractivity contribution in [1.82, 2.24) is 19.9 Å². The van der Waals surface area contributed by atoms with E-state index in [0.717, 1.165) is 37.3 Å². The van der Waals surface area contributed by atoms with Gasteiger partial charge in [0.05, 0.1) is 22.8 Å².